The summed E-state index contributed by atoms with van der Waals surface area (Å²) in [6.45, 7) is 2.13. The van der Waals surface area contributed by atoms with Crippen LogP contribution in [0.25, 0.3) is 5.70 Å². The Balaban J connectivity index is 1.58. The van der Waals surface area contributed by atoms with Crippen molar-refractivity contribution in [3.63, 3.8) is 0 Å². The number of ether oxygens (including phenoxy) is 2. The number of benzene rings is 2. The molecule has 3 N–H and O–H groups in total. The number of alkyl halides is 2. The first-order chi connectivity index (χ1) is 18.0. The average Bonchev–Trinajstić information content (AvgIpc) is 3.51. The molecule has 11 heteroatoms. The number of hydrogen-bond donors (Lipinski definition) is 2. The van der Waals surface area contributed by atoms with Crippen LogP contribution in [0.4, 0.5) is 14.5 Å². The maximum atomic E-state index is 13.6. The van der Waals surface area contributed by atoms with Crippen LogP contribution in [0.1, 0.15) is 38.7 Å². The van der Waals surface area contributed by atoms with Crippen molar-refractivity contribution in [2.75, 3.05) is 18.1 Å². The number of halogens is 4. The van der Waals surface area contributed by atoms with Crippen molar-refractivity contribution in [3.8, 4) is 11.5 Å². The molecular formula is C27H28Cl2F2N4O3. The molecule has 3 atom stereocenters. The average molecular weight is 565 g/mol. The summed E-state index contributed by atoms with van der Waals surface area (Å²) in [4.78, 5) is 15.8. The second kappa shape index (κ2) is 8.98. The maximum Gasteiger partial charge on any atom is 0.387 e. The van der Waals surface area contributed by atoms with E-state index in [9.17, 15) is 13.6 Å². The summed E-state index contributed by atoms with van der Waals surface area (Å²) in [6.07, 6.45) is 3.42. The first-order valence-electron chi connectivity index (χ1n) is 12.6. The number of primary amides is 1. The molecule has 7 nitrogen and oxygen atoms in total. The van der Waals surface area contributed by atoms with E-state index in [1.165, 1.54) is 18.6 Å². The molecule has 1 saturated carbocycles. The van der Waals surface area contributed by atoms with Crippen LogP contribution in [-0.2, 0) is 4.79 Å². The number of hydrazine groups is 1. The molecule has 202 valence electrons. The molecule has 4 aliphatic rings. The highest BCUT2D eigenvalue weighted by molar-refractivity contribution is 6.36. The highest BCUT2D eigenvalue weighted by atomic mass is 35.5. The molecule has 2 aromatic carbocycles. The van der Waals surface area contributed by atoms with Gasteiger partial charge in [-0.05, 0) is 68.9 Å². The number of carbonyl (C=O) groups excluding carboxylic acids is 1. The van der Waals surface area contributed by atoms with Crippen molar-refractivity contribution in [3.05, 3.63) is 57.6 Å². The number of rotatable bonds is 5. The van der Waals surface area contributed by atoms with E-state index in [0.717, 1.165) is 12.8 Å². The van der Waals surface area contributed by atoms with Gasteiger partial charge in [0, 0.05) is 35.3 Å². The van der Waals surface area contributed by atoms with E-state index in [1.807, 2.05) is 13.8 Å². The van der Waals surface area contributed by atoms with Gasteiger partial charge in [0.1, 0.15) is 17.1 Å². The van der Waals surface area contributed by atoms with Crippen LogP contribution in [-0.4, -0.2) is 41.8 Å². The second-order valence-corrected chi connectivity index (χ2v) is 11.7. The molecule has 2 fully saturated rings. The van der Waals surface area contributed by atoms with Crippen LogP contribution in [0.5, 0.6) is 11.5 Å². The minimum atomic E-state index is -2.98. The summed E-state index contributed by atoms with van der Waals surface area (Å²) in [7, 11) is 0. The summed E-state index contributed by atoms with van der Waals surface area (Å²) < 4.78 is 37.0. The number of nitrogens with zero attached hydrogens (tertiary/aromatic N) is 2. The third-order valence-electron chi connectivity index (χ3n) is 8.20. The quantitative estimate of drug-likeness (QED) is 0.505. The third-order valence-corrected chi connectivity index (χ3v) is 8.74. The Labute approximate surface area is 229 Å². The van der Waals surface area contributed by atoms with Gasteiger partial charge in [-0.25, -0.2) is 0 Å². The van der Waals surface area contributed by atoms with Crippen LogP contribution >= 0.6 is 23.2 Å². The van der Waals surface area contributed by atoms with E-state index >= 15 is 0 Å². The van der Waals surface area contributed by atoms with Gasteiger partial charge in [0.05, 0.1) is 16.4 Å². The van der Waals surface area contributed by atoms with Crippen LogP contribution < -0.4 is 25.6 Å². The fourth-order valence-electron chi connectivity index (χ4n) is 6.73. The predicted molar refractivity (Wildman–Crippen MR) is 141 cm³/mol. The van der Waals surface area contributed by atoms with E-state index in [4.69, 9.17) is 33.7 Å². The highest BCUT2D eigenvalue weighted by Crippen LogP contribution is 2.54. The van der Waals surface area contributed by atoms with Gasteiger partial charge in [0.2, 0.25) is 0 Å². The molecule has 38 heavy (non-hydrogen) atoms. The number of nitrogens with two attached hydrogens (primary N) is 1. The number of likely N-dealkylation sites (tertiary alicyclic amines) is 1. The predicted octanol–water partition coefficient (Wildman–Crippen LogP) is 5.42. The smallest absolute Gasteiger partial charge is 0.387 e. The Kier molecular flexibility index (Phi) is 6.07. The van der Waals surface area contributed by atoms with E-state index in [1.54, 1.807) is 29.3 Å². The number of carbonyl (C=O) groups is 1. The zero-order valence-corrected chi connectivity index (χ0v) is 22.5. The lowest BCUT2D eigenvalue weighted by molar-refractivity contribution is -0.130. The molecule has 1 aliphatic carbocycles. The van der Waals surface area contributed by atoms with Gasteiger partial charge in [-0.2, -0.15) is 14.2 Å². The van der Waals surface area contributed by atoms with E-state index in [2.05, 4.69) is 15.1 Å². The maximum absolute atomic E-state index is 13.6. The number of anilines is 1. The van der Waals surface area contributed by atoms with Crippen molar-refractivity contribution >= 4 is 40.5 Å². The molecular weight excluding hydrogens is 537 g/mol. The lowest BCUT2D eigenvalue weighted by atomic mass is 9.81. The van der Waals surface area contributed by atoms with Crippen LogP contribution in [0.3, 0.4) is 0 Å². The summed E-state index contributed by atoms with van der Waals surface area (Å²) in [5.41, 5.74) is 9.67. The molecule has 0 bridgehead atoms. The fourth-order valence-corrected chi connectivity index (χ4v) is 7.23. The molecule has 0 radical (unpaired) electrons. The number of nitrogens with one attached hydrogen (secondary N) is 1. The molecule has 1 saturated heterocycles. The van der Waals surface area contributed by atoms with Gasteiger partial charge >= 0.3 is 6.61 Å². The van der Waals surface area contributed by atoms with E-state index < -0.39 is 23.8 Å². The van der Waals surface area contributed by atoms with Crippen molar-refractivity contribution < 1.29 is 23.0 Å². The SMILES string of the molecule is CC1(C)Oc2cc(OC(F)F)ccc2C2=C1C(C(N)=O)(N1CC3CCCC3C1)NN2c1ccc(Cl)cc1Cl. The zero-order chi connectivity index (χ0) is 27.0. The highest BCUT2D eigenvalue weighted by Gasteiger charge is 2.62. The van der Waals surface area contributed by atoms with Crippen LogP contribution in [0.15, 0.2) is 42.0 Å². The van der Waals surface area contributed by atoms with Gasteiger partial charge in [-0.1, -0.05) is 29.6 Å². The Morgan fingerprint density at radius 1 is 1.16 bits per heavy atom. The molecule has 0 spiro atoms. The zero-order valence-electron chi connectivity index (χ0n) is 20.9. The molecule has 2 aromatic rings. The monoisotopic (exact) mass is 564 g/mol. The number of hydrogen-bond acceptors (Lipinski definition) is 6. The number of fused-ring (bicyclic) bond motifs is 3. The minimum absolute atomic E-state index is 0.0332. The summed E-state index contributed by atoms with van der Waals surface area (Å²) in [6, 6.07) is 9.61. The van der Waals surface area contributed by atoms with Crippen LogP contribution in [0.2, 0.25) is 10.0 Å². The topological polar surface area (TPSA) is 80.1 Å². The van der Waals surface area contributed by atoms with Gasteiger partial charge < -0.3 is 15.2 Å². The third kappa shape index (κ3) is 3.86. The van der Waals surface area contributed by atoms with Gasteiger partial charge in [-0.15, -0.1) is 0 Å². The summed E-state index contributed by atoms with van der Waals surface area (Å²) in [5, 5.41) is 2.57. The molecule has 6 rings (SSSR count). The molecule has 0 aromatic heterocycles. The Bertz CT molecular complexity index is 1340. The normalized spacial score (nSPS) is 27.8. The van der Waals surface area contributed by atoms with Crippen molar-refractivity contribution in [2.45, 2.75) is 51.0 Å². The summed E-state index contributed by atoms with van der Waals surface area (Å²) in [5.74, 6) is 0.713. The largest absolute Gasteiger partial charge is 0.482 e. The van der Waals surface area contributed by atoms with Crippen molar-refractivity contribution in [2.24, 2.45) is 17.6 Å². The molecule has 3 unspecified atom stereocenters. The lowest BCUT2D eigenvalue weighted by Gasteiger charge is -2.44. The fraction of sp³-hybridized carbons (Fsp3) is 0.444. The summed E-state index contributed by atoms with van der Waals surface area (Å²) >= 11 is 12.9. The van der Waals surface area contributed by atoms with Gasteiger partial charge in [-0.3, -0.25) is 14.7 Å². The van der Waals surface area contributed by atoms with Crippen molar-refractivity contribution in [1.29, 1.82) is 0 Å². The molecule has 3 heterocycles. The van der Waals surface area contributed by atoms with E-state index in [0.29, 0.717) is 63.2 Å². The first-order valence-corrected chi connectivity index (χ1v) is 13.4. The Morgan fingerprint density at radius 2 is 1.87 bits per heavy atom. The van der Waals surface area contributed by atoms with Gasteiger partial charge in [0.25, 0.3) is 5.91 Å². The minimum Gasteiger partial charge on any atom is -0.482 e. The van der Waals surface area contributed by atoms with Gasteiger partial charge in [0.15, 0.2) is 5.66 Å². The lowest BCUT2D eigenvalue weighted by Crippen LogP contribution is -2.69. The second-order valence-electron chi connectivity index (χ2n) is 10.8. The first kappa shape index (κ1) is 25.7. The standard InChI is InChI=1S/C27H28Cl2F2N4O3/c1-26(2)23-22(18-8-7-17(37-25(30)31)11-21(18)38-26)35(20-9-6-16(28)10-19(20)29)33-27(23,24(32)36)34-12-14-4-3-5-15(14)13-34/h6-11,14-15,25,33H,3-5,12-13H2,1-2H3,(H2,32,36). The number of amides is 1. The van der Waals surface area contributed by atoms with Crippen LogP contribution in [0, 0.1) is 11.8 Å². The van der Waals surface area contributed by atoms with E-state index in [-0.39, 0.29) is 5.75 Å². The molecule has 3 aliphatic heterocycles. The molecule has 1 amide bonds. The van der Waals surface area contributed by atoms with Crippen molar-refractivity contribution in [1.82, 2.24) is 10.3 Å². The Morgan fingerprint density at radius 3 is 2.50 bits per heavy atom. The Hall–Kier alpha value is -2.59.